The summed E-state index contributed by atoms with van der Waals surface area (Å²) in [5, 5.41) is 10.4. The van der Waals surface area contributed by atoms with E-state index >= 15 is 0 Å². The Kier molecular flexibility index (Phi) is 6.14. The van der Waals surface area contributed by atoms with Crippen LogP contribution in [0.15, 0.2) is 176 Å². The average Bonchev–Trinajstić information content (AvgIpc) is 3.70. The molecule has 2 nitrogen and oxygen atoms in total. The van der Waals surface area contributed by atoms with Crippen molar-refractivity contribution in [1.82, 2.24) is 9.13 Å². The summed E-state index contributed by atoms with van der Waals surface area (Å²) < 4.78 is 4.77. The molecule has 0 radical (unpaired) electrons. The van der Waals surface area contributed by atoms with Crippen molar-refractivity contribution in [2.24, 2.45) is 0 Å². The number of benzene rings is 7. The predicted octanol–water partition coefficient (Wildman–Crippen LogP) is 9.64. The van der Waals surface area contributed by atoms with Crippen LogP contribution in [0.1, 0.15) is 0 Å². The first-order chi connectivity index (χ1) is 22.3. The minimum Gasteiger partial charge on any atom is -0.317 e. The summed E-state index contributed by atoms with van der Waals surface area (Å²) in [6.45, 7) is 0. The third kappa shape index (κ3) is 4.22. The van der Waals surface area contributed by atoms with E-state index in [4.69, 9.17) is 0 Å². The molecule has 0 N–H and O–H groups in total. The number of rotatable bonds is 5. The van der Waals surface area contributed by atoms with Crippen molar-refractivity contribution in [3.05, 3.63) is 176 Å². The molecular weight excluding hydrogens is 563 g/mol. The second-order valence-electron chi connectivity index (χ2n) is 11.5. The fraction of sp³-hybridized carbons (Fsp3) is 0. The number of hydrogen-bond acceptors (Lipinski definition) is 0. The maximum absolute atomic E-state index is 2.48. The van der Waals surface area contributed by atoms with E-state index in [-0.39, 0.29) is 0 Å². The molecule has 0 aliphatic rings. The zero-order valence-corrected chi connectivity index (χ0v) is 25.5. The first-order valence-electron chi connectivity index (χ1n) is 15.4. The van der Waals surface area contributed by atoms with Crippen LogP contribution in [0.5, 0.6) is 0 Å². The standard InChI is InChI=1S/C42H29N2P/c1-4-12-31(13-5-1)43-29-28-38-39(43)27-21-30-20-26-37-36-18-10-11-19-40(36)44(42(37)41(30)38)32-22-24-35(25-23-32)45(33-14-6-2-7-15-33)34-16-8-3-9-17-34/h1-29H. The van der Waals surface area contributed by atoms with Gasteiger partial charge in [0.2, 0.25) is 0 Å². The molecule has 9 rings (SSSR count). The fourth-order valence-corrected chi connectivity index (χ4v) is 9.21. The Morgan fingerprint density at radius 2 is 0.978 bits per heavy atom. The quantitative estimate of drug-likeness (QED) is 0.176. The Bertz CT molecular complexity index is 2420. The minimum atomic E-state index is -0.668. The first-order valence-corrected chi connectivity index (χ1v) is 16.7. The SMILES string of the molecule is c1ccc(-n2ccc3c4c(ccc5c6ccccc6n(-c6ccc(P(c7ccccc7)c7ccccc7)cc6)c54)ccc32)cc1. The van der Waals surface area contributed by atoms with Crippen molar-refractivity contribution in [1.29, 1.82) is 0 Å². The average molecular weight is 593 g/mol. The van der Waals surface area contributed by atoms with Gasteiger partial charge in [-0.05, 0) is 71.7 Å². The van der Waals surface area contributed by atoms with Gasteiger partial charge in [0.25, 0.3) is 0 Å². The van der Waals surface area contributed by atoms with E-state index in [0.717, 1.165) is 0 Å². The Morgan fingerprint density at radius 3 is 1.69 bits per heavy atom. The third-order valence-electron chi connectivity index (χ3n) is 8.91. The molecule has 0 fully saturated rings. The predicted molar refractivity (Wildman–Crippen MR) is 194 cm³/mol. The summed E-state index contributed by atoms with van der Waals surface area (Å²) >= 11 is 0. The van der Waals surface area contributed by atoms with Gasteiger partial charge in [-0.2, -0.15) is 0 Å². The highest BCUT2D eigenvalue weighted by Crippen LogP contribution is 2.40. The third-order valence-corrected chi connectivity index (χ3v) is 11.4. The molecule has 0 spiro atoms. The summed E-state index contributed by atoms with van der Waals surface area (Å²) in [5.74, 6) is 0. The largest absolute Gasteiger partial charge is 0.317 e. The van der Waals surface area contributed by atoms with Crippen molar-refractivity contribution in [2.75, 3.05) is 0 Å². The number of nitrogens with zero attached hydrogens (tertiary/aromatic N) is 2. The van der Waals surface area contributed by atoms with Crippen LogP contribution in [-0.2, 0) is 0 Å². The Hall–Kier alpha value is -5.43. The molecule has 0 amide bonds. The van der Waals surface area contributed by atoms with Crippen molar-refractivity contribution >= 4 is 67.3 Å². The lowest BCUT2D eigenvalue weighted by Crippen LogP contribution is -2.20. The van der Waals surface area contributed by atoms with Gasteiger partial charge in [0.1, 0.15) is 0 Å². The summed E-state index contributed by atoms with van der Waals surface area (Å²) in [4.78, 5) is 0. The molecule has 0 unspecified atom stereocenters. The van der Waals surface area contributed by atoms with Crippen molar-refractivity contribution in [3.8, 4) is 11.4 Å². The molecule has 0 aliphatic carbocycles. The minimum absolute atomic E-state index is 0.668. The molecule has 0 aliphatic heterocycles. The molecule has 0 saturated carbocycles. The number of fused-ring (bicyclic) bond motifs is 7. The number of para-hydroxylation sites is 2. The van der Waals surface area contributed by atoms with Crippen LogP contribution in [0.2, 0.25) is 0 Å². The molecule has 2 heterocycles. The fourth-order valence-electron chi connectivity index (χ4n) is 6.92. The summed E-state index contributed by atoms with van der Waals surface area (Å²) in [6.07, 6.45) is 2.20. The van der Waals surface area contributed by atoms with E-state index in [2.05, 4.69) is 185 Å². The van der Waals surface area contributed by atoms with E-state index < -0.39 is 7.92 Å². The lowest BCUT2D eigenvalue weighted by Gasteiger charge is -2.20. The molecule has 7 aromatic carbocycles. The second-order valence-corrected chi connectivity index (χ2v) is 13.7. The molecular formula is C42H29N2P. The summed E-state index contributed by atoms with van der Waals surface area (Å²) in [6, 6.07) is 62.0. The van der Waals surface area contributed by atoms with Gasteiger partial charge in [0, 0.05) is 39.1 Å². The zero-order valence-electron chi connectivity index (χ0n) is 24.6. The Balaban J connectivity index is 1.29. The summed E-state index contributed by atoms with van der Waals surface area (Å²) in [5.41, 5.74) is 6.04. The molecule has 212 valence electrons. The van der Waals surface area contributed by atoms with E-state index in [1.54, 1.807) is 0 Å². The van der Waals surface area contributed by atoms with Gasteiger partial charge in [-0.1, -0.05) is 127 Å². The topological polar surface area (TPSA) is 9.86 Å². The molecule has 2 aromatic heterocycles. The number of aromatic nitrogens is 2. The second kappa shape index (κ2) is 10.6. The monoisotopic (exact) mass is 592 g/mol. The zero-order chi connectivity index (χ0) is 29.7. The Morgan fingerprint density at radius 1 is 0.378 bits per heavy atom. The van der Waals surface area contributed by atoms with Crippen LogP contribution in [0.4, 0.5) is 0 Å². The lowest BCUT2D eigenvalue weighted by molar-refractivity contribution is 1.13. The highest BCUT2D eigenvalue weighted by molar-refractivity contribution is 7.79. The van der Waals surface area contributed by atoms with Crippen LogP contribution in [0.25, 0.3) is 54.9 Å². The van der Waals surface area contributed by atoms with E-state index in [9.17, 15) is 0 Å². The lowest BCUT2D eigenvalue weighted by atomic mass is 10.0. The first kappa shape index (κ1) is 26.0. The van der Waals surface area contributed by atoms with Gasteiger partial charge < -0.3 is 9.13 Å². The van der Waals surface area contributed by atoms with Gasteiger partial charge in [-0.25, -0.2) is 0 Å². The smallest absolute Gasteiger partial charge is 0.0626 e. The van der Waals surface area contributed by atoms with Gasteiger partial charge in [-0.15, -0.1) is 0 Å². The van der Waals surface area contributed by atoms with Gasteiger partial charge in [-0.3, -0.25) is 0 Å². The van der Waals surface area contributed by atoms with Crippen molar-refractivity contribution in [2.45, 2.75) is 0 Å². The van der Waals surface area contributed by atoms with Crippen LogP contribution in [-0.4, -0.2) is 9.13 Å². The summed E-state index contributed by atoms with van der Waals surface area (Å²) in [7, 11) is -0.668. The van der Waals surface area contributed by atoms with Gasteiger partial charge in [0.15, 0.2) is 0 Å². The van der Waals surface area contributed by atoms with Gasteiger partial charge >= 0.3 is 0 Å². The van der Waals surface area contributed by atoms with Crippen LogP contribution >= 0.6 is 7.92 Å². The van der Waals surface area contributed by atoms with E-state index in [1.165, 1.54) is 70.8 Å². The highest BCUT2D eigenvalue weighted by Gasteiger charge is 2.20. The molecule has 0 saturated heterocycles. The molecule has 0 atom stereocenters. The molecule has 9 aromatic rings. The Labute approximate surface area is 263 Å². The van der Waals surface area contributed by atoms with Crippen LogP contribution in [0, 0.1) is 0 Å². The van der Waals surface area contributed by atoms with Crippen molar-refractivity contribution in [3.63, 3.8) is 0 Å². The van der Waals surface area contributed by atoms with E-state index in [0.29, 0.717) is 0 Å². The number of hydrogen-bond donors (Lipinski definition) is 0. The van der Waals surface area contributed by atoms with Crippen LogP contribution in [0.3, 0.4) is 0 Å². The molecule has 0 bridgehead atoms. The highest BCUT2D eigenvalue weighted by atomic mass is 31.1. The van der Waals surface area contributed by atoms with Crippen molar-refractivity contribution < 1.29 is 0 Å². The normalized spacial score (nSPS) is 11.8. The van der Waals surface area contributed by atoms with Gasteiger partial charge in [0.05, 0.1) is 16.6 Å². The van der Waals surface area contributed by atoms with E-state index in [1.807, 2.05) is 0 Å². The maximum atomic E-state index is 2.48. The molecule has 3 heteroatoms. The maximum Gasteiger partial charge on any atom is 0.0626 e. The van der Waals surface area contributed by atoms with Crippen LogP contribution < -0.4 is 15.9 Å². The molecule has 45 heavy (non-hydrogen) atoms.